The number of rotatable bonds is 4. The summed E-state index contributed by atoms with van der Waals surface area (Å²) in [5, 5.41) is 2.91. The van der Waals surface area contributed by atoms with Crippen LogP contribution < -0.4 is 5.32 Å². The fraction of sp³-hybridized carbons (Fsp3) is 0.350. The van der Waals surface area contributed by atoms with E-state index in [9.17, 15) is 17.6 Å². The summed E-state index contributed by atoms with van der Waals surface area (Å²) in [5.41, 5.74) is 1.32. The second-order valence-electron chi connectivity index (χ2n) is 6.80. The molecule has 0 atom stereocenters. The molecule has 0 heterocycles. The molecule has 138 valence electrons. The van der Waals surface area contributed by atoms with Crippen LogP contribution >= 0.6 is 0 Å². The van der Waals surface area contributed by atoms with E-state index in [4.69, 9.17) is 0 Å². The van der Waals surface area contributed by atoms with Crippen molar-refractivity contribution in [1.82, 2.24) is 5.32 Å². The minimum Gasteiger partial charge on any atom is -0.349 e. The third kappa shape index (κ3) is 4.30. The lowest BCUT2D eigenvalue weighted by atomic mass is 9.95. The Morgan fingerprint density at radius 2 is 1.62 bits per heavy atom. The number of hydrogen-bond acceptors (Lipinski definition) is 3. The maximum absolute atomic E-state index is 14.5. The van der Waals surface area contributed by atoms with Gasteiger partial charge in [-0.1, -0.05) is 37.5 Å². The van der Waals surface area contributed by atoms with Gasteiger partial charge in [0.25, 0.3) is 5.91 Å². The molecule has 6 heteroatoms. The lowest BCUT2D eigenvalue weighted by Gasteiger charge is -2.22. The Kier molecular flexibility index (Phi) is 5.41. The Morgan fingerprint density at radius 1 is 1.00 bits per heavy atom. The van der Waals surface area contributed by atoms with Crippen LogP contribution in [0.5, 0.6) is 0 Å². The zero-order valence-corrected chi connectivity index (χ0v) is 15.5. The molecular formula is C20H22FNO3S. The van der Waals surface area contributed by atoms with Crippen LogP contribution in [0.25, 0.3) is 11.1 Å². The van der Waals surface area contributed by atoms with E-state index >= 15 is 0 Å². The molecule has 0 spiro atoms. The average Bonchev–Trinajstić information content (AvgIpc) is 2.62. The van der Waals surface area contributed by atoms with Crippen molar-refractivity contribution in [3.63, 3.8) is 0 Å². The van der Waals surface area contributed by atoms with Crippen molar-refractivity contribution in [3.05, 3.63) is 53.8 Å². The summed E-state index contributed by atoms with van der Waals surface area (Å²) in [5.74, 6) is -0.962. The van der Waals surface area contributed by atoms with Crippen LogP contribution in [0.2, 0.25) is 0 Å². The number of amides is 1. The van der Waals surface area contributed by atoms with Gasteiger partial charge in [-0.15, -0.1) is 0 Å². The van der Waals surface area contributed by atoms with E-state index in [0.29, 0.717) is 11.1 Å². The number of nitrogens with one attached hydrogen (secondary N) is 1. The number of halogens is 1. The molecule has 26 heavy (non-hydrogen) atoms. The third-order valence-corrected chi connectivity index (χ3v) is 5.90. The fourth-order valence-corrected chi connectivity index (χ4v) is 3.91. The Labute approximate surface area is 153 Å². The third-order valence-electron chi connectivity index (χ3n) is 4.77. The van der Waals surface area contributed by atoms with E-state index in [1.807, 2.05) is 0 Å². The van der Waals surface area contributed by atoms with Gasteiger partial charge >= 0.3 is 0 Å². The largest absolute Gasteiger partial charge is 0.349 e. The molecule has 3 rings (SSSR count). The molecule has 1 aliphatic rings. The Hall–Kier alpha value is -2.21. The quantitative estimate of drug-likeness (QED) is 0.880. The van der Waals surface area contributed by atoms with E-state index < -0.39 is 15.7 Å². The molecule has 0 bridgehead atoms. The normalized spacial score (nSPS) is 15.6. The Balaban J connectivity index is 1.77. The van der Waals surface area contributed by atoms with Gasteiger partial charge in [-0.2, -0.15) is 0 Å². The Morgan fingerprint density at radius 3 is 2.19 bits per heavy atom. The Bertz CT molecular complexity index is 901. The van der Waals surface area contributed by atoms with Gasteiger partial charge in [0.1, 0.15) is 5.82 Å². The predicted molar refractivity (Wildman–Crippen MR) is 99.3 cm³/mol. The van der Waals surface area contributed by atoms with Gasteiger partial charge < -0.3 is 5.32 Å². The van der Waals surface area contributed by atoms with Gasteiger partial charge in [0.05, 0.1) is 10.5 Å². The predicted octanol–water partition coefficient (Wildman–Crippen LogP) is 3.96. The molecule has 0 radical (unpaired) electrons. The van der Waals surface area contributed by atoms with Crippen molar-refractivity contribution in [2.75, 3.05) is 6.26 Å². The van der Waals surface area contributed by atoms with Crippen molar-refractivity contribution in [2.45, 2.75) is 43.0 Å². The molecule has 0 aromatic heterocycles. The first-order valence-corrected chi connectivity index (χ1v) is 10.6. The summed E-state index contributed by atoms with van der Waals surface area (Å²) in [4.78, 5) is 12.5. The van der Waals surface area contributed by atoms with Crippen LogP contribution in [-0.4, -0.2) is 26.6 Å². The van der Waals surface area contributed by atoms with Crippen molar-refractivity contribution < 1.29 is 17.6 Å². The highest BCUT2D eigenvalue weighted by molar-refractivity contribution is 7.90. The van der Waals surface area contributed by atoms with Crippen molar-refractivity contribution >= 4 is 15.7 Å². The molecule has 1 N–H and O–H groups in total. The lowest BCUT2D eigenvalue weighted by Crippen LogP contribution is -2.36. The minimum atomic E-state index is -3.27. The molecule has 2 aromatic rings. The van der Waals surface area contributed by atoms with Gasteiger partial charge in [0.2, 0.25) is 0 Å². The van der Waals surface area contributed by atoms with Gasteiger partial charge in [-0.05, 0) is 48.2 Å². The monoisotopic (exact) mass is 375 g/mol. The number of hydrogen-bond donors (Lipinski definition) is 1. The van der Waals surface area contributed by atoms with E-state index in [0.717, 1.165) is 31.9 Å². The number of sulfone groups is 1. The summed E-state index contributed by atoms with van der Waals surface area (Å²) in [6, 6.07) is 10.8. The average molecular weight is 375 g/mol. The van der Waals surface area contributed by atoms with E-state index in [1.54, 1.807) is 18.2 Å². The van der Waals surface area contributed by atoms with Crippen LogP contribution in [0.3, 0.4) is 0 Å². The smallest absolute Gasteiger partial charge is 0.254 e. The summed E-state index contributed by atoms with van der Waals surface area (Å²) in [7, 11) is -3.27. The first kappa shape index (κ1) is 18.6. The fourth-order valence-electron chi connectivity index (χ4n) is 3.28. The molecule has 1 aliphatic carbocycles. The minimum absolute atomic E-state index is 0.0343. The van der Waals surface area contributed by atoms with Crippen LogP contribution in [0.15, 0.2) is 47.4 Å². The summed E-state index contributed by atoms with van der Waals surface area (Å²) in [6.45, 7) is 0. The molecule has 0 saturated heterocycles. The maximum Gasteiger partial charge on any atom is 0.254 e. The molecule has 0 unspecified atom stereocenters. The highest BCUT2D eigenvalue weighted by Gasteiger charge is 2.19. The molecule has 0 aliphatic heterocycles. The van der Waals surface area contributed by atoms with E-state index in [2.05, 4.69) is 5.32 Å². The molecule has 2 aromatic carbocycles. The zero-order chi connectivity index (χ0) is 18.7. The SMILES string of the molecule is CS(=O)(=O)c1ccc(-c2ccc(C(=O)NC3CCCCC3)c(F)c2)cc1. The molecule has 4 nitrogen and oxygen atoms in total. The van der Waals surface area contributed by atoms with Gasteiger partial charge in [-0.25, -0.2) is 12.8 Å². The second-order valence-corrected chi connectivity index (χ2v) is 8.82. The standard InChI is InChI=1S/C20H22FNO3S/c1-26(24,25)17-10-7-14(8-11-17)15-9-12-18(19(21)13-15)20(23)22-16-5-3-2-4-6-16/h7-13,16H,2-6H2,1H3,(H,22,23). The highest BCUT2D eigenvalue weighted by Crippen LogP contribution is 2.24. The number of benzene rings is 2. The van der Waals surface area contributed by atoms with E-state index in [-0.39, 0.29) is 22.4 Å². The first-order chi connectivity index (χ1) is 12.3. The van der Waals surface area contributed by atoms with Crippen molar-refractivity contribution in [3.8, 4) is 11.1 Å². The van der Waals surface area contributed by atoms with Crippen LogP contribution in [0.4, 0.5) is 4.39 Å². The van der Waals surface area contributed by atoms with Crippen LogP contribution in [-0.2, 0) is 9.84 Å². The first-order valence-electron chi connectivity index (χ1n) is 8.75. The van der Waals surface area contributed by atoms with Gasteiger partial charge in [0.15, 0.2) is 9.84 Å². The number of carbonyl (C=O) groups is 1. The molecule has 1 fully saturated rings. The highest BCUT2D eigenvalue weighted by atomic mass is 32.2. The van der Waals surface area contributed by atoms with Gasteiger partial charge in [0, 0.05) is 12.3 Å². The van der Waals surface area contributed by atoms with Crippen molar-refractivity contribution in [1.29, 1.82) is 0 Å². The number of carbonyl (C=O) groups excluding carboxylic acids is 1. The van der Waals surface area contributed by atoms with E-state index in [1.165, 1.54) is 30.7 Å². The topological polar surface area (TPSA) is 63.2 Å². The second kappa shape index (κ2) is 7.58. The summed E-state index contributed by atoms with van der Waals surface area (Å²) in [6.07, 6.45) is 6.40. The molecule has 1 amide bonds. The summed E-state index contributed by atoms with van der Waals surface area (Å²) >= 11 is 0. The molecule has 1 saturated carbocycles. The lowest BCUT2D eigenvalue weighted by molar-refractivity contribution is 0.0923. The maximum atomic E-state index is 14.5. The van der Waals surface area contributed by atoms with Crippen LogP contribution in [0, 0.1) is 5.82 Å². The molecular weight excluding hydrogens is 353 g/mol. The van der Waals surface area contributed by atoms with Crippen molar-refractivity contribution in [2.24, 2.45) is 0 Å². The van der Waals surface area contributed by atoms with Crippen LogP contribution in [0.1, 0.15) is 42.5 Å². The van der Waals surface area contributed by atoms with Gasteiger partial charge in [-0.3, -0.25) is 4.79 Å². The zero-order valence-electron chi connectivity index (χ0n) is 14.7. The summed E-state index contributed by atoms with van der Waals surface area (Å²) < 4.78 is 37.5.